The molecular formula is C31H35N7O3. The Hall–Kier alpha value is -4.34. The molecule has 41 heavy (non-hydrogen) atoms. The summed E-state index contributed by atoms with van der Waals surface area (Å²) in [5.41, 5.74) is 4.32. The molecule has 0 spiro atoms. The number of methoxy groups -OCH3 is 1. The molecule has 4 aromatic rings. The highest BCUT2D eigenvalue weighted by Crippen LogP contribution is 2.55. The van der Waals surface area contributed by atoms with Crippen molar-refractivity contribution < 1.29 is 14.3 Å². The normalized spacial score (nSPS) is 20.2. The van der Waals surface area contributed by atoms with Gasteiger partial charge in [-0.3, -0.25) is 9.48 Å². The van der Waals surface area contributed by atoms with E-state index in [1.54, 1.807) is 15.6 Å². The van der Waals surface area contributed by atoms with E-state index in [1.807, 2.05) is 55.7 Å². The standard InChI is InChI=1S/C31H35N7O3/c1-4-9-22-12-5-6-15-37(22)30(39)21-11-7-10-20(16-21)26-13-8-14-28(33-26)38-29(25(18-32-38)31(40)41-3)24-17-23(24)27-19-36(2)35-34-27/h7-8,10-11,13-14,16,18-19,22-24H,4-6,9,12,15,17H2,1-3H3/t22-,23?,24?/m1/s1. The maximum atomic E-state index is 13.6. The fraction of sp³-hybridized carbons (Fsp3) is 0.419. The van der Waals surface area contributed by atoms with Crippen LogP contribution in [0.2, 0.25) is 0 Å². The Bertz CT molecular complexity index is 1570. The van der Waals surface area contributed by atoms with Crippen LogP contribution >= 0.6 is 0 Å². The summed E-state index contributed by atoms with van der Waals surface area (Å²) in [4.78, 5) is 33.2. The number of piperidine rings is 1. The number of carbonyl (C=O) groups is 2. The molecule has 6 rings (SSSR count). The minimum absolute atomic E-state index is 0.0373. The molecule has 1 aromatic carbocycles. The number of amides is 1. The highest BCUT2D eigenvalue weighted by Gasteiger charge is 2.46. The van der Waals surface area contributed by atoms with Crippen molar-refractivity contribution in [2.45, 2.75) is 63.3 Å². The first-order chi connectivity index (χ1) is 20.0. The summed E-state index contributed by atoms with van der Waals surface area (Å²) in [6.45, 7) is 2.98. The molecule has 0 radical (unpaired) electrons. The van der Waals surface area contributed by atoms with Crippen molar-refractivity contribution >= 4 is 11.9 Å². The van der Waals surface area contributed by atoms with Crippen molar-refractivity contribution in [2.24, 2.45) is 7.05 Å². The van der Waals surface area contributed by atoms with E-state index >= 15 is 0 Å². The molecular weight excluding hydrogens is 518 g/mol. The number of aromatic nitrogens is 6. The predicted octanol–water partition coefficient (Wildman–Crippen LogP) is 4.92. The summed E-state index contributed by atoms with van der Waals surface area (Å²) in [5, 5.41) is 12.9. The average Bonchev–Trinajstić information content (AvgIpc) is 3.46. The van der Waals surface area contributed by atoms with Crippen molar-refractivity contribution in [3.8, 4) is 17.1 Å². The molecule has 2 unspecified atom stereocenters. The van der Waals surface area contributed by atoms with Crippen LogP contribution in [0.4, 0.5) is 0 Å². The Morgan fingerprint density at radius 3 is 2.73 bits per heavy atom. The Kier molecular flexibility index (Phi) is 7.38. The summed E-state index contributed by atoms with van der Waals surface area (Å²) in [6.07, 6.45) is 9.69. The number of likely N-dealkylation sites (tertiary alicyclic amines) is 1. The van der Waals surface area contributed by atoms with Gasteiger partial charge in [0.25, 0.3) is 5.91 Å². The molecule has 1 aliphatic carbocycles. The number of hydrogen-bond acceptors (Lipinski definition) is 7. The molecule has 10 nitrogen and oxygen atoms in total. The minimum Gasteiger partial charge on any atom is -0.465 e. The fourth-order valence-electron chi connectivity index (χ4n) is 6.10. The van der Waals surface area contributed by atoms with Gasteiger partial charge in [0.05, 0.1) is 30.4 Å². The zero-order chi connectivity index (χ0) is 28.5. The second-order valence-electron chi connectivity index (χ2n) is 11.0. The summed E-state index contributed by atoms with van der Waals surface area (Å²) < 4.78 is 8.48. The number of ether oxygens (including phenoxy) is 1. The van der Waals surface area contributed by atoms with Gasteiger partial charge in [0.2, 0.25) is 0 Å². The highest BCUT2D eigenvalue weighted by molar-refractivity contribution is 5.95. The van der Waals surface area contributed by atoms with Crippen molar-refractivity contribution in [1.82, 2.24) is 34.7 Å². The lowest BCUT2D eigenvalue weighted by Gasteiger charge is -2.36. The summed E-state index contributed by atoms with van der Waals surface area (Å²) in [6, 6.07) is 13.7. The van der Waals surface area contributed by atoms with Gasteiger partial charge in [0.15, 0.2) is 5.82 Å². The SMILES string of the molecule is CCC[C@@H]1CCCCN1C(=O)c1cccc(-c2cccc(-n3ncc(C(=O)OC)c3C3CC3c3cn(C)nn3)n2)c1. The Balaban J connectivity index is 1.31. The lowest BCUT2D eigenvalue weighted by Crippen LogP contribution is -2.43. The summed E-state index contributed by atoms with van der Waals surface area (Å²) in [7, 11) is 3.21. The van der Waals surface area contributed by atoms with Gasteiger partial charge in [-0.2, -0.15) is 5.10 Å². The number of carbonyl (C=O) groups excluding carboxylic acids is 2. The van der Waals surface area contributed by atoms with Gasteiger partial charge in [-0.1, -0.05) is 36.8 Å². The van der Waals surface area contributed by atoms with Gasteiger partial charge in [-0.15, -0.1) is 5.10 Å². The average molecular weight is 554 g/mol. The van der Waals surface area contributed by atoms with Crippen LogP contribution in [0.5, 0.6) is 0 Å². The van der Waals surface area contributed by atoms with Crippen molar-refractivity contribution in [3.63, 3.8) is 0 Å². The first-order valence-electron chi connectivity index (χ1n) is 14.4. The molecule has 1 saturated heterocycles. The predicted molar refractivity (Wildman–Crippen MR) is 153 cm³/mol. The van der Waals surface area contributed by atoms with Gasteiger partial charge in [0, 0.05) is 48.8 Å². The Labute approximate surface area is 239 Å². The number of hydrogen-bond donors (Lipinski definition) is 0. The smallest absolute Gasteiger partial charge is 0.341 e. The molecule has 1 aliphatic heterocycles. The molecule has 3 aromatic heterocycles. The van der Waals surface area contributed by atoms with Gasteiger partial charge in [-0.25, -0.2) is 14.5 Å². The molecule has 2 aliphatic rings. The number of aryl methyl sites for hydroxylation is 1. The Morgan fingerprint density at radius 1 is 1.10 bits per heavy atom. The molecule has 4 heterocycles. The number of rotatable bonds is 8. The third-order valence-electron chi connectivity index (χ3n) is 8.22. The van der Waals surface area contributed by atoms with Gasteiger partial charge < -0.3 is 9.64 Å². The first kappa shape index (κ1) is 26.9. The second kappa shape index (κ2) is 11.3. The molecule has 0 N–H and O–H groups in total. The van der Waals surface area contributed by atoms with E-state index in [2.05, 4.69) is 27.2 Å². The van der Waals surface area contributed by atoms with Crippen LogP contribution in [0.1, 0.15) is 89.4 Å². The van der Waals surface area contributed by atoms with E-state index in [-0.39, 0.29) is 17.7 Å². The number of nitrogens with zero attached hydrogens (tertiary/aromatic N) is 7. The Morgan fingerprint density at radius 2 is 1.95 bits per heavy atom. The van der Waals surface area contributed by atoms with E-state index in [4.69, 9.17) is 9.72 Å². The van der Waals surface area contributed by atoms with Gasteiger partial charge in [-0.05, 0) is 56.4 Å². The van der Waals surface area contributed by atoms with Crippen molar-refractivity contribution in [1.29, 1.82) is 0 Å². The quantitative estimate of drug-likeness (QED) is 0.285. The van der Waals surface area contributed by atoms with Crippen LogP contribution in [0, 0.1) is 0 Å². The monoisotopic (exact) mass is 553 g/mol. The van der Waals surface area contributed by atoms with Crippen LogP contribution in [0.15, 0.2) is 54.9 Å². The maximum Gasteiger partial charge on any atom is 0.341 e. The van der Waals surface area contributed by atoms with E-state index in [9.17, 15) is 9.59 Å². The maximum absolute atomic E-state index is 13.6. The molecule has 0 bridgehead atoms. The highest BCUT2D eigenvalue weighted by atomic mass is 16.5. The van der Waals surface area contributed by atoms with E-state index in [1.165, 1.54) is 13.5 Å². The van der Waals surface area contributed by atoms with Crippen LogP contribution in [0.25, 0.3) is 17.1 Å². The fourth-order valence-corrected chi connectivity index (χ4v) is 6.10. The van der Waals surface area contributed by atoms with E-state index < -0.39 is 5.97 Å². The topological polar surface area (TPSA) is 108 Å². The van der Waals surface area contributed by atoms with Crippen LogP contribution < -0.4 is 0 Å². The number of pyridine rings is 1. The lowest BCUT2D eigenvalue weighted by atomic mass is 9.96. The lowest BCUT2D eigenvalue weighted by molar-refractivity contribution is 0.0592. The summed E-state index contributed by atoms with van der Waals surface area (Å²) in [5.74, 6) is 0.419. The van der Waals surface area contributed by atoms with Crippen molar-refractivity contribution in [3.05, 3.63) is 77.4 Å². The first-order valence-corrected chi connectivity index (χ1v) is 14.4. The zero-order valence-corrected chi connectivity index (χ0v) is 23.7. The third-order valence-corrected chi connectivity index (χ3v) is 8.22. The van der Waals surface area contributed by atoms with Crippen molar-refractivity contribution in [2.75, 3.05) is 13.7 Å². The van der Waals surface area contributed by atoms with Crippen LogP contribution in [-0.2, 0) is 11.8 Å². The third kappa shape index (κ3) is 5.26. The molecule has 10 heteroatoms. The van der Waals surface area contributed by atoms with Crippen LogP contribution in [0.3, 0.4) is 0 Å². The molecule has 1 amide bonds. The van der Waals surface area contributed by atoms with E-state index in [0.717, 1.165) is 61.3 Å². The number of esters is 1. The molecule has 2 fully saturated rings. The zero-order valence-electron chi connectivity index (χ0n) is 23.7. The number of benzene rings is 1. The molecule has 212 valence electrons. The van der Waals surface area contributed by atoms with Gasteiger partial charge >= 0.3 is 5.97 Å². The largest absolute Gasteiger partial charge is 0.465 e. The van der Waals surface area contributed by atoms with Crippen LogP contribution in [-0.4, -0.2) is 66.2 Å². The molecule has 1 saturated carbocycles. The van der Waals surface area contributed by atoms with E-state index in [0.29, 0.717) is 23.0 Å². The second-order valence-corrected chi connectivity index (χ2v) is 11.0. The summed E-state index contributed by atoms with van der Waals surface area (Å²) >= 11 is 0. The molecule has 3 atom stereocenters. The van der Waals surface area contributed by atoms with Gasteiger partial charge in [0.1, 0.15) is 5.56 Å². The minimum atomic E-state index is -0.433.